The molecule has 15 heavy (non-hydrogen) atoms. The van der Waals surface area contributed by atoms with Crippen LogP contribution in [0.25, 0.3) is 11.0 Å². The van der Waals surface area contributed by atoms with Crippen LogP contribution in [0.15, 0.2) is 18.2 Å². The Bertz CT molecular complexity index is 532. The maximum absolute atomic E-state index is 8.59. The number of rotatable bonds is 2. The number of nitrogens with zero attached hydrogens (tertiary/aromatic N) is 3. The van der Waals surface area contributed by atoms with Crippen LogP contribution in [0.5, 0.6) is 0 Å². The van der Waals surface area contributed by atoms with E-state index >= 15 is 0 Å². The average molecular weight is 199 g/mol. The minimum absolute atomic E-state index is 0.528. The van der Waals surface area contributed by atoms with E-state index in [-0.39, 0.29) is 0 Å². The molecule has 1 heterocycles. The van der Waals surface area contributed by atoms with Gasteiger partial charge in [0, 0.05) is 6.54 Å². The molecule has 3 heteroatoms. The number of benzene rings is 1. The molecule has 0 N–H and O–H groups in total. The molecular weight excluding hydrogens is 186 g/mol. The number of hydrogen-bond acceptors (Lipinski definition) is 2. The van der Waals surface area contributed by atoms with Gasteiger partial charge < -0.3 is 4.57 Å². The molecule has 76 valence electrons. The fourth-order valence-electron chi connectivity index (χ4n) is 1.80. The molecule has 0 fully saturated rings. The van der Waals surface area contributed by atoms with Crippen LogP contribution in [0.1, 0.15) is 17.8 Å². The van der Waals surface area contributed by atoms with Gasteiger partial charge in [-0.1, -0.05) is 6.07 Å². The van der Waals surface area contributed by atoms with E-state index in [2.05, 4.69) is 40.7 Å². The van der Waals surface area contributed by atoms with Crippen molar-refractivity contribution < 1.29 is 0 Å². The minimum Gasteiger partial charge on any atom is -0.327 e. The molecule has 2 aromatic rings. The van der Waals surface area contributed by atoms with Crippen LogP contribution in [0, 0.1) is 25.2 Å². The third kappa shape index (κ3) is 1.71. The van der Waals surface area contributed by atoms with Crippen LogP contribution in [-0.4, -0.2) is 9.55 Å². The van der Waals surface area contributed by atoms with Gasteiger partial charge in [0.15, 0.2) is 0 Å². The highest BCUT2D eigenvalue weighted by Crippen LogP contribution is 2.17. The van der Waals surface area contributed by atoms with E-state index in [1.807, 2.05) is 6.92 Å². The summed E-state index contributed by atoms with van der Waals surface area (Å²) in [5.74, 6) is 0.978. The molecular formula is C12H13N3. The van der Waals surface area contributed by atoms with Crippen molar-refractivity contribution in [3.05, 3.63) is 29.6 Å². The van der Waals surface area contributed by atoms with E-state index in [9.17, 15) is 0 Å². The Labute approximate surface area is 89.0 Å². The lowest BCUT2D eigenvalue weighted by molar-refractivity contribution is 0.710. The third-order valence-corrected chi connectivity index (χ3v) is 2.54. The van der Waals surface area contributed by atoms with Gasteiger partial charge in [-0.15, -0.1) is 0 Å². The summed E-state index contributed by atoms with van der Waals surface area (Å²) in [7, 11) is 0. The first-order chi connectivity index (χ1) is 7.22. The van der Waals surface area contributed by atoms with Crippen molar-refractivity contribution in [1.82, 2.24) is 9.55 Å². The summed E-state index contributed by atoms with van der Waals surface area (Å²) in [4.78, 5) is 4.48. The van der Waals surface area contributed by atoms with Crippen molar-refractivity contribution in [2.45, 2.75) is 26.8 Å². The summed E-state index contributed by atoms with van der Waals surface area (Å²) in [6, 6.07) is 8.38. The molecule has 0 spiro atoms. The monoisotopic (exact) mass is 199 g/mol. The van der Waals surface area contributed by atoms with Crippen LogP contribution in [0.3, 0.4) is 0 Å². The standard InChI is InChI=1S/C12H13N3/c1-9-4-5-12-11(8-9)14-10(2)15(12)7-3-6-13/h4-5,8H,3,7H2,1-2H3. The highest BCUT2D eigenvalue weighted by molar-refractivity contribution is 5.76. The summed E-state index contributed by atoms with van der Waals surface area (Å²) in [6.45, 7) is 4.76. The van der Waals surface area contributed by atoms with E-state index in [4.69, 9.17) is 5.26 Å². The van der Waals surface area contributed by atoms with Crippen LogP contribution in [-0.2, 0) is 6.54 Å². The largest absolute Gasteiger partial charge is 0.327 e. The van der Waals surface area contributed by atoms with Gasteiger partial charge in [0.2, 0.25) is 0 Å². The van der Waals surface area contributed by atoms with Crippen LogP contribution in [0.4, 0.5) is 0 Å². The lowest BCUT2D eigenvalue weighted by atomic mass is 10.2. The second kappa shape index (κ2) is 3.74. The molecule has 0 atom stereocenters. The lowest BCUT2D eigenvalue weighted by Gasteiger charge is -2.02. The van der Waals surface area contributed by atoms with E-state index < -0.39 is 0 Å². The molecule has 1 aromatic heterocycles. The van der Waals surface area contributed by atoms with Crippen molar-refractivity contribution in [2.75, 3.05) is 0 Å². The lowest BCUT2D eigenvalue weighted by Crippen LogP contribution is -1.99. The van der Waals surface area contributed by atoms with Gasteiger partial charge in [-0.05, 0) is 31.5 Å². The number of nitriles is 1. The zero-order chi connectivity index (χ0) is 10.8. The predicted molar refractivity (Wildman–Crippen MR) is 59.4 cm³/mol. The number of hydrogen-bond donors (Lipinski definition) is 0. The van der Waals surface area contributed by atoms with Gasteiger partial charge >= 0.3 is 0 Å². The second-order valence-electron chi connectivity index (χ2n) is 3.71. The molecule has 0 radical (unpaired) electrons. The maximum atomic E-state index is 8.59. The quantitative estimate of drug-likeness (QED) is 0.745. The molecule has 3 nitrogen and oxygen atoms in total. The molecule has 0 aliphatic heterocycles. The van der Waals surface area contributed by atoms with Crippen molar-refractivity contribution in [1.29, 1.82) is 5.26 Å². The Morgan fingerprint density at radius 1 is 1.40 bits per heavy atom. The fraction of sp³-hybridized carbons (Fsp3) is 0.333. The summed E-state index contributed by atoms with van der Waals surface area (Å²) in [5, 5.41) is 8.59. The van der Waals surface area contributed by atoms with Crippen molar-refractivity contribution in [2.24, 2.45) is 0 Å². The molecule has 0 aliphatic carbocycles. The van der Waals surface area contributed by atoms with Crippen molar-refractivity contribution in [3.8, 4) is 6.07 Å². The normalized spacial score (nSPS) is 10.5. The maximum Gasteiger partial charge on any atom is 0.106 e. The Hall–Kier alpha value is -1.82. The summed E-state index contributed by atoms with van der Waals surface area (Å²) in [6.07, 6.45) is 0.528. The van der Waals surface area contributed by atoms with Gasteiger partial charge in [0.25, 0.3) is 0 Å². The smallest absolute Gasteiger partial charge is 0.106 e. The molecule has 0 bridgehead atoms. The minimum atomic E-state index is 0.528. The van der Waals surface area contributed by atoms with E-state index in [0.717, 1.165) is 23.4 Å². The zero-order valence-electron chi connectivity index (χ0n) is 8.99. The SMILES string of the molecule is Cc1ccc2c(c1)nc(C)n2CCC#N. The van der Waals surface area contributed by atoms with Crippen molar-refractivity contribution in [3.63, 3.8) is 0 Å². The Kier molecular flexibility index (Phi) is 2.42. The first-order valence-electron chi connectivity index (χ1n) is 5.03. The van der Waals surface area contributed by atoms with Crippen molar-refractivity contribution >= 4 is 11.0 Å². The predicted octanol–water partition coefficient (Wildman–Crippen LogP) is 2.57. The highest BCUT2D eigenvalue weighted by Gasteiger charge is 2.06. The first-order valence-corrected chi connectivity index (χ1v) is 5.03. The molecule has 0 saturated heterocycles. The van der Waals surface area contributed by atoms with Gasteiger partial charge in [-0.3, -0.25) is 0 Å². The zero-order valence-corrected chi connectivity index (χ0v) is 8.99. The van der Waals surface area contributed by atoms with Crippen LogP contribution in [0.2, 0.25) is 0 Å². The topological polar surface area (TPSA) is 41.6 Å². The number of aromatic nitrogens is 2. The number of fused-ring (bicyclic) bond motifs is 1. The molecule has 0 saturated carbocycles. The summed E-state index contributed by atoms with van der Waals surface area (Å²) >= 11 is 0. The number of aryl methyl sites for hydroxylation is 3. The van der Waals surface area contributed by atoms with E-state index in [0.29, 0.717) is 6.42 Å². The van der Waals surface area contributed by atoms with Gasteiger partial charge in [-0.2, -0.15) is 5.26 Å². The number of imidazole rings is 1. The van der Waals surface area contributed by atoms with Gasteiger partial charge in [-0.25, -0.2) is 4.98 Å². The Morgan fingerprint density at radius 3 is 2.93 bits per heavy atom. The molecule has 0 amide bonds. The Balaban J connectivity index is 2.54. The fourth-order valence-corrected chi connectivity index (χ4v) is 1.80. The van der Waals surface area contributed by atoms with E-state index in [1.165, 1.54) is 5.56 Å². The highest BCUT2D eigenvalue weighted by atomic mass is 15.1. The second-order valence-corrected chi connectivity index (χ2v) is 3.71. The Morgan fingerprint density at radius 2 is 2.20 bits per heavy atom. The van der Waals surface area contributed by atoms with Gasteiger partial charge in [0.1, 0.15) is 5.82 Å². The third-order valence-electron chi connectivity index (χ3n) is 2.54. The average Bonchev–Trinajstić information content (AvgIpc) is 2.50. The molecule has 1 aromatic carbocycles. The first kappa shape index (κ1) is 9.72. The molecule has 0 aliphatic rings. The summed E-state index contributed by atoms with van der Waals surface area (Å²) in [5.41, 5.74) is 3.35. The van der Waals surface area contributed by atoms with Crippen LogP contribution < -0.4 is 0 Å². The molecule has 2 rings (SSSR count). The van der Waals surface area contributed by atoms with Gasteiger partial charge in [0.05, 0.1) is 23.5 Å². The molecule has 0 unspecified atom stereocenters. The van der Waals surface area contributed by atoms with Crippen LogP contribution >= 0.6 is 0 Å². The summed E-state index contributed by atoms with van der Waals surface area (Å²) < 4.78 is 2.10. The van der Waals surface area contributed by atoms with E-state index in [1.54, 1.807) is 0 Å².